The Morgan fingerprint density at radius 2 is 1.45 bits per heavy atom. The molecule has 1 aliphatic heterocycles. The van der Waals surface area contributed by atoms with E-state index in [0.717, 1.165) is 21.9 Å². The van der Waals surface area contributed by atoms with Gasteiger partial charge in [0.25, 0.3) is 11.8 Å². The van der Waals surface area contributed by atoms with Crippen LogP contribution in [0.1, 0.15) is 61.0 Å². The average molecular weight is 386 g/mol. The molecule has 0 unspecified atom stereocenters. The van der Waals surface area contributed by atoms with Crippen molar-refractivity contribution in [3.8, 4) is 0 Å². The van der Waals surface area contributed by atoms with Crippen molar-refractivity contribution in [1.29, 1.82) is 0 Å². The van der Waals surface area contributed by atoms with Crippen LogP contribution in [-0.4, -0.2) is 33.6 Å². The summed E-state index contributed by atoms with van der Waals surface area (Å²) in [5.41, 5.74) is 4.20. The molecule has 0 N–H and O–H groups in total. The van der Waals surface area contributed by atoms with Crippen LogP contribution >= 0.6 is 0 Å². The average Bonchev–Trinajstić information content (AvgIpc) is 3.16. The number of imide groups is 1. The summed E-state index contributed by atoms with van der Waals surface area (Å²) in [7, 11) is 0. The largest absolute Gasteiger partial charge is 0.341 e. The van der Waals surface area contributed by atoms with Gasteiger partial charge < -0.3 is 4.57 Å². The number of rotatable bonds is 5. The Bertz CT molecular complexity index is 1090. The summed E-state index contributed by atoms with van der Waals surface area (Å²) < 4.78 is 2.12. The highest BCUT2D eigenvalue weighted by molar-refractivity contribution is 6.23. The second-order valence-corrected chi connectivity index (χ2v) is 7.41. The lowest BCUT2D eigenvalue weighted by molar-refractivity contribution is 0.0624. The summed E-state index contributed by atoms with van der Waals surface area (Å²) >= 11 is 0. The van der Waals surface area contributed by atoms with E-state index in [-0.39, 0.29) is 18.4 Å². The first-order valence-corrected chi connectivity index (χ1v) is 9.62. The Hall–Kier alpha value is -3.47. The summed E-state index contributed by atoms with van der Waals surface area (Å²) in [6.45, 7) is 5.71. The molecule has 2 aromatic carbocycles. The van der Waals surface area contributed by atoms with Crippen molar-refractivity contribution in [2.24, 2.45) is 0 Å². The monoisotopic (exact) mass is 386 g/mol. The number of Topliss-reactive ketones (excluding diaryl/α,β-unsaturated/α-hetero) is 1. The molecule has 0 fully saturated rings. The lowest BCUT2D eigenvalue weighted by atomic mass is 10.1. The number of amides is 2. The van der Waals surface area contributed by atoms with Crippen LogP contribution in [0.3, 0.4) is 0 Å². The summed E-state index contributed by atoms with van der Waals surface area (Å²) in [5, 5.41) is 0. The Morgan fingerprint density at radius 1 is 0.897 bits per heavy atom. The van der Waals surface area contributed by atoms with Crippen LogP contribution in [0, 0.1) is 13.8 Å². The van der Waals surface area contributed by atoms with E-state index in [1.54, 1.807) is 24.3 Å². The number of benzene rings is 2. The van der Waals surface area contributed by atoms with Gasteiger partial charge in [-0.1, -0.05) is 42.5 Å². The van der Waals surface area contributed by atoms with Gasteiger partial charge in [0, 0.05) is 17.0 Å². The molecule has 1 atom stereocenters. The van der Waals surface area contributed by atoms with Crippen molar-refractivity contribution in [2.75, 3.05) is 6.54 Å². The molecule has 3 aromatic rings. The molecular weight excluding hydrogens is 364 g/mol. The number of carbonyl (C=O) groups excluding carboxylic acids is 3. The standard InChI is InChI=1S/C24H22N2O3/c1-15-13-21(17(3)26(15)16(2)18-9-5-4-6-10-18)22(27)14-25-23(28)19-11-7-8-12-20(19)24(25)29/h4-13,16H,14H2,1-3H3/t16-/m1/s1. The van der Waals surface area contributed by atoms with Gasteiger partial charge in [-0.05, 0) is 44.5 Å². The van der Waals surface area contributed by atoms with Crippen LogP contribution in [0.2, 0.25) is 0 Å². The van der Waals surface area contributed by atoms with Crippen molar-refractivity contribution in [3.05, 3.63) is 94.3 Å². The molecule has 2 amide bonds. The Morgan fingerprint density at radius 3 is 2.03 bits per heavy atom. The van der Waals surface area contributed by atoms with E-state index in [1.165, 1.54) is 0 Å². The van der Waals surface area contributed by atoms with E-state index >= 15 is 0 Å². The zero-order chi connectivity index (χ0) is 20.7. The second kappa shape index (κ2) is 7.17. The number of hydrogen-bond donors (Lipinski definition) is 0. The molecular formula is C24H22N2O3. The molecule has 1 aromatic heterocycles. The van der Waals surface area contributed by atoms with Crippen LogP contribution < -0.4 is 0 Å². The number of carbonyl (C=O) groups is 3. The van der Waals surface area contributed by atoms with Gasteiger partial charge in [0.15, 0.2) is 5.78 Å². The van der Waals surface area contributed by atoms with Crippen molar-refractivity contribution in [2.45, 2.75) is 26.8 Å². The van der Waals surface area contributed by atoms with Crippen molar-refractivity contribution < 1.29 is 14.4 Å². The van der Waals surface area contributed by atoms with Gasteiger partial charge in [-0.2, -0.15) is 0 Å². The van der Waals surface area contributed by atoms with Gasteiger partial charge in [-0.15, -0.1) is 0 Å². The lowest BCUT2D eigenvalue weighted by Gasteiger charge is -2.19. The minimum Gasteiger partial charge on any atom is -0.341 e. The summed E-state index contributed by atoms with van der Waals surface area (Å²) in [4.78, 5) is 39.2. The maximum atomic E-state index is 13.0. The molecule has 0 bridgehead atoms. The molecule has 0 saturated carbocycles. The smallest absolute Gasteiger partial charge is 0.261 e. The molecule has 0 aliphatic carbocycles. The molecule has 2 heterocycles. The fraction of sp³-hybridized carbons (Fsp3) is 0.208. The third kappa shape index (κ3) is 3.09. The molecule has 146 valence electrons. The van der Waals surface area contributed by atoms with E-state index in [4.69, 9.17) is 0 Å². The van der Waals surface area contributed by atoms with Crippen LogP contribution in [0.25, 0.3) is 0 Å². The first-order valence-electron chi connectivity index (χ1n) is 9.62. The first-order chi connectivity index (χ1) is 13.9. The zero-order valence-electron chi connectivity index (χ0n) is 16.7. The molecule has 0 saturated heterocycles. The predicted molar refractivity (Wildman–Crippen MR) is 110 cm³/mol. The van der Waals surface area contributed by atoms with Gasteiger partial charge in [-0.3, -0.25) is 19.3 Å². The van der Waals surface area contributed by atoms with Crippen LogP contribution in [0.5, 0.6) is 0 Å². The highest BCUT2D eigenvalue weighted by Crippen LogP contribution is 2.27. The molecule has 29 heavy (non-hydrogen) atoms. The minimum absolute atomic E-state index is 0.0667. The highest BCUT2D eigenvalue weighted by atomic mass is 16.2. The Labute approximate surface area is 169 Å². The fourth-order valence-corrected chi connectivity index (χ4v) is 4.15. The van der Waals surface area contributed by atoms with Crippen molar-refractivity contribution >= 4 is 17.6 Å². The van der Waals surface area contributed by atoms with Crippen LogP contribution in [-0.2, 0) is 0 Å². The Kier molecular flexibility index (Phi) is 4.66. The third-order valence-electron chi connectivity index (χ3n) is 5.63. The molecule has 1 aliphatic rings. The molecule has 0 radical (unpaired) electrons. The number of ketones is 1. The van der Waals surface area contributed by atoms with Gasteiger partial charge in [0.2, 0.25) is 0 Å². The number of fused-ring (bicyclic) bond motifs is 1. The highest BCUT2D eigenvalue weighted by Gasteiger charge is 2.36. The predicted octanol–water partition coefficient (Wildman–Crippen LogP) is 4.19. The first kappa shape index (κ1) is 18.9. The normalized spacial score (nSPS) is 14.2. The van der Waals surface area contributed by atoms with E-state index in [9.17, 15) is 14.4 Å². The number of hydrogen-bond acceptors (Lipinski definition) is 3. The summed E-state index contributed by atoms with van der Waals surface area (Å²) in [6.07, 6.45) is 0. The van der Waals surface area contributed by atoms with E-state index in [0.29, 0.717) is 16.7 Å². The van der Waals surface area contributed by atoms with Crippen molar-refractivity contribution in [1.82, 2.24) is 9.47 Å². The summed E-state index contributed by atoms with van der Waals surface area (Å²) in [6, 6.07) is 18.7. The van der Waals surface area contributed by atoms with Gasteiger partial charge in [-0.25, -0.2) is 0 Å². The third-order valence-corrected chi connectivity index (χ3v) is 5.63. The topological polar surface area (TPSA) is 59.4 Å². The SMILES string of the molecule is Cc1cc(C(=O)CN2C(=O)c3ccccc3C2=O)c(C)n1[C@H](C)c1ccccc1. The van der Waals surface area contributed by atoms with Crippen LogP contribution in [0.15, 0.2) is 60.7 Å². The molecule has 0 spiro atoms. The molecule has 5 nitrogen and oxygen atoms in total. The van der Waals surface area contributed by atoms with Gasteiger partial charge in [0.05, 0.1) is 23.7 Å². The number of aromatic nitrogens is 1. The minimum atomic E-state index is -0.412. The fourth-order valence-electron chi connectivity index (χ4n) is 4.15. The van der Waals surface area contributed by atoms with Gasteiger partial charge in [0.1, 0.15) is 0 Å². The lowest BCUT2D eigenvalue weighted by Crippen LogP contribution is -2.35. The zero-order valence-corrected chi connectivity index (χ0v) is 16.7. The number of aryl methyl sites for hydroxylation is 1. The molecule has 4 rings (SSSR count). The maximum absolute atomic E-state index is 13.0. The van der Waals surface area contributed by atoms with Gasteiger partial charge >= 0.3 is 0 Å². The summed E-state index contributed by atoms with van der Waals surface area (Å²) in [5.74, 6) is -1.06. The van der Waals surface area contributed by atoms with E-state index in [2.05, 4.69) is 23.6 Å². The maximum Gasteiger partial charge on any atom is 0.261 e. The second-order valence-electron chi connectivity index (χ2n) is 7.41. The van der Waals surface area contributed by atoms with E-state index in [1.807, 2.05) is 38.1 Å². The number of nitrogens with zero attached hydrogens (tertiary/aromatic N) is 2. The van der Waals surface area contributed by atoms with Crippen molar-refractivity contribution in [3.63, 3.8) is 0 Å². The Balaban J connectivity index is 1.61. The van der Waals surface area contributed by atoms with E-state index < -0.39 is 11.8 Å². The van der Waals surface area contributed by atoms with Crippen LogP contribution in [0.4, 0.5) is 0 Å². The quantitative estimate of drug-likeness (QED) is 0.488. The molecule has 5 heteroatoms.